The van der Waals surface area contributed by atoms with Crippen molar-refractivity contribution in [2.75, 3.05) is 6.67 Å². The fourth-order valence-electron chi connectivity index (χ4n) is 4.29. The molecule has 0 N–H and O–H groups in total. The van der Waals surface area contributed by atoms with Crippen molar-refractivity contribution < 1.29 is 9.18 Å². The fourth-order valence-corrected chi connectivity index (χ4v) is 4.98. The van der Waals surface area contributed by atoms with Crippen molar-refractivity contribution in [1.29, 1.82) is 0 Å². The summed E-state index contributed by atoms with van der Waals surface area (Å²) < 4.78 is 12.4. The molecule has 0 saturated heterocycles. The van der Waals surface area contributed by atoms with E-state index in [1.165, 1.54) is 0 Å². The third-order valence-corrected chi connectivity index (χ3v) is 6.84. The highest BCUT2D eigenvalue weighted by atomic mass is 32.1. The quantitative estimate of drug-likeness (QED) is 0.498. The van der Waals surface area contributed by atoms with Crippen LogP contribution in [0.25, 0.3) is 21.3 Å². The molecular formula is C23H26FN3OS. The zero-order valence-electron chi connectivity index (χ0n) is 16.7. The van der Waals surface area contributed by atoms with E-state index in [-0.39, 0.29) is 18.4 Å². The van der Waals surface area contributed by atoms with Crippen LogP contribution in [0.5, 0.6) is 0 Å². The third kappa shape index (κ3) is 4.86. The lowest BCUT2D eigenvalue weighted by Crippen LogP contribution is -2.23. The topological polar surface area (TPSA) is 55.7 Å². The lowest BCUT2D eigenvalue weighted by Gasteiger charge is -2.27. The Labute approximate surface area is 174 Å². The summed E-state index contributed by atoms with van der Waals surface area (Å²) in [6.45, 7) is 1.72. The smallest absolute Gasteiger partial charge is 0.147 e. The van der Waals surface area contributed by atoms with Crippen LogP contribution < -0.4 is 0 Å². The predicted octanol–water partition coefficient (Wildman–Crippen LogP) is 5.73. The van der Waals surface area contributed by atoms with Crippen molar-refractivity contribution in [2.24, 2.45) is 11.8 Å². The van der Waals surface area contributed by atoms with E-state index in [9.17, 15) is 9.18 Å². The maximum Gasteiger partial charge on any atom is 0.147 e. The second kappa shape index (κ2) is 9.08. The minimum absolute atomic E-state index is 0.129. The molecule has 0 radical (unpaired) electrons. The van der Waals surface area contributed by atoms with Crippen LogP contribution in [0.1, 0.15) is 49.2 Å². The molecule has 2 heterocycles. The standard InChI is InChI=1S/C23H26FN3OS/c1-15-26-27-23(29-15)18-8-9-19-14-25-21(12-20(19)11-18)13-22(28)17-6-4-16(5-7-17)3-2-10-24/h8-9,11-12,14,16-17H,2-7,10,13H2,1H3. The van der Waals surface area contributed by atoms with Crippen LogP contribution in [0, 0.1) is 18.8 Å². The summed E-state index contributed by atoms with van der Waals surface area (Å²) in [7, 11) is 0. The first-order valence-electron chi connectivity index (χ1n) is 10.4. The Hall–Kier alpha value is -2.21. The summed E-state index contributed by atoms with van der Waals surface area (Å²) in [5.74, 6) is 1.01. The third-order valence-electron chi connectivity index (χ3n) is 5.95. The number of fused-ring (bicyclic) bond motifs is 1. The number of pyridine rings is 1. The molecule has 152 valence electrons. The lowest BCUT2D eigenvalue weighted by molar-refractivity contribution is -0.123. The zero-order chi connectivity index (χ0) is 20.2. The molecule has 4 rings (SSSR count). The number of rotatable bonds is 7. The first-order chi connectivity index (χ1) is 14.1. The summed E-state index contributed by atoms with van der Waals surface area (Å²) >= 11 is 1.58. The van der Waals surface area contributed by atoms with Crippen molar-refractivity contribution in [3.05, 3.63) is 41.2 Å². The van der Waals surface area contributed by atoms with Crippen molar-refractivity contribution in [1.82, 2.24) is 15.2 Å². The second-order valence-corrected chi connectivity index (χ2v) is 9.24. The van der Waals surface area contributed by atoms with Gasteiger partial charge in [-0.2, -0.15) is 0 Å². The Bertz CT molecular complexity index is 995. The largest absolute Gasteiger partial charge is 0.299 e. The van der Waals surface area contributed by atoms with Gasteiger partial charge in [-0.05, 0) is 68.9 Å². The zero-order valence-corrected chi connectivity index (χ0v) is 17.6. The summed E-state index contributed by atoms with van der Waals surface area (Å²) in [5.41, 5.74) is 1.87. The molecule has 29 heavy (non-hydrogen) atoms. The van der Waals surface area contributed by atoms with Crippen molar-refractivity contribution in [2.45, 2.75) is 51.9 Å². The van der Waals surface area contributed by atoms with E-state index in [2.05, 4.69) is 21.2 Å². The molecule has 0 aliphatic heterocycles. The minimum atomic E-state index is -0.229. The first-order valence-corrected chi connectivity index (χ1v) is 11.2. The van der Waals surface area contributed by atoms with Crippen molar-refractivity contribution >= 4 is 27.9 Å². The minimum Gasteiger partial charge on any atom is -0.299 e. The number of benzene rings is 1. The highest BCUT2D eigenvalue weighted by Crippen LogP contribution is 2.33. The van der Waals surface area contributed by atoms with Crippen LogP contribution in [0.15, 0.2) is 30.5 Å². The van der Waals surface area contributed by atoms with E-state index in [0.29, 0.717) is 18.8 Å². The van der Waals surface area contributed by atoms with Gasteiger partial charge in [-0.25, -0.2) is 0 Å². The normalized spacial score (nSPS) is 19.5. The highest BCUT2D eigenvalue weighted by Gasteiger charge is 2.26. The predicted molar refractivity (Wildman–Crippen MR) is 115 cm³/mol. The van der Waals surface area contributed by atoms with Gasteiger partial charge in [0.05, 0.1) is 6.67 Å². The summed E-state index contributed by atoms with van der Waals surface area (Å²) in [4.78, 5) is 17.3. The molecule has 0 amide bonds. The van der Waals surface area contributed by atoms with E-state index in [1.807, 2.05) is 31.3 Å². The Morgan fingerprint density at radius 1 is 1.14 bits per heavy atom. The number of Topliss-reactive ketones (excluding diaryl/α,β-unsaturated/α-hetero) is 1. The average molecular weight is 412 g/mol. The van der Waals surface area contributed by atoms with Gasteiger partial charge in [0.15, 0.2) is 0 Å². The number of aryl methyl sites for hydroxylation is 1. The molecule has 2 aromatic heterocycles. The van der Waals surface area contributed by atoms with E-state index in [1.54, 1.807) is 11.3 Å². The van der Waals surface area contributed by atoms with Gasteiger partial charge >= 0.3 is 0 Å². The number of halogens is 1. The Kier molecular flexibility index (Phi) is 6.28. The number of ketones is 1. The van der Waals surface area contributed by atoms with Gasteiger partial charge in [-0.3, -0.25) is 14.2 Å². The molecule has 1 aromatic carbocycles. The van der Waals surface area contributed by atoms with Crippen LogP contribution in [0.3, 0.4) is 0 Å². The maximum absolute atomic E-state index is 12.8. The molecule has 3 aromatic rings. The molecule has 1 fully saturated rings. The summed E-state index contributed by atoms with van der Waals surface area (Å²) in [6, 6.07) is 8.20. The number of hydrogen-bond donors (Lipinski definition) is 0. The van der Waals surface area contributed by atoms with E-state index >= 15 is 0 Å². The number of alkyl halides is 1. The Morgan fingerprint density at radius 3 is 2.69 bits per heavy atom. The highest BCUT2D eigenvalue weighted by molar-refractivity contribution is 7.14. The van der Waals surface area contributed by atoms with Crippen LogP contribution in [0.2, 0.25) is 0 Å². The maximum atomic E-state index is 12.8. The number of hydrogen-bond acceptors (Lipinski definition) is 5. The Balaban J connectivity index is 1.43. The summed E-state index contributed by atoms with van der Waals surface area (Å²) in [6.07, 6.45) is 7.81. The average Bonchev–Trinajstić information content (AvgIpc) is 3.18. The van der Waals surface area contributed by atoms with Crippen molar-refractivity contribution in [3.8, 4) is 10.6 Å². The number of aromatic nitrogens is 3. The molecule has 0 unspecified atom stereocenters. The first kappa shape index (κ1) is 20.1. The molecular weight excluding hydrogens is 385 g/mol. The molecule has 0 bridgehead atoms. The van der Waals surface area contributed by atoms with Gasteiger partial charge in [0, 0.05) is 35.2 Å². The van der Waals surface area contributed by atoms with Gasteiger partial charge in [0.25, 0.3) is 0 Å². The van der Waals surface area contributed by atoms with Crippen molar-refractivity contribution in [3.63, 3.8) is 0 Å². The number of carbonyl (C=O) groups excluding carboxylic acids is 1. The summed E-state index contributed by atoms with van der Waals surface area (Å²) in [5, 5.41) is 12.3. The number of carbonyl (C=O) groups is 1. The van der Waals surface area contributed by atoms with Gasteiger partial charge < -0.3 is 0 Å². The van der Waals surface area contributed by atoms with Crippen LogP contribution in [0.4, 0.5) is 4.39 Å². The number of nitrogens with zero attached hydrogens (tertiary/aromatic N) is 3. The molecule has 1 aliphatic carbocycles. The van der Waals surface area contributed by atoms with Crippen LogP contribution in [-0.4, -0.2) is 27.6 Å². The van der Waals surface area contributed by atoms with Crippen LogP contribution >= 0.6 is 11.3 Å². The molecule has 0 atom stereocenters. The van der Waals surface area contributed by atoms with Gasteiger partial charge in [0.2, 0.25) is 0 Å². The second-order valence-electron chi connectivity index (χ2n) is 8.06. The Morgan fingerprint density at radius 2 is 1.97 bits per heavy atom. The molecule has 4 nitrogen and oxygen atoms in total. The molecule has 1 aliphatic rings. The van der Waals surface area contributed by atoms with Gasteiger partial charge in [-0.1, -0.05) is 23.5 Å². The van der Waals surface area contributed by atoms with E-state index in [0.717, 1.165) is 64.1 Å². The van der Waals surface area contributed by atoms with E-state index in [4.69, 9.17) is 0 Å². The lowest BCUT2D eigenvalue weighted by atomic mass is 9.77. The van der Waals surface area contributed by atoms with Crippen LogP contribution in [-0.2, 0) is 11.2 Å². The molecule has 0 spiro atoms. The van der Waals surface area contributed by atoms with Gasteiger partial charge in [0.1, 0.15) is 15.8 Å². The van der Waals surface area contributed by atoms with E-state index < -0.39 is 0 Å². The fraction of sp³-hybridized carbons (Fsp3) is 0.478. The molecule has 1 saturated carbocycles. The monoisotopic (exact) mass is 411 g/mol. The molecule has 6 heteroatoms. The SMILES string of the molecule is Cc1nnc(-c2ccc3cnc(CC(=O)C4CCC(CCCF)CC4)cc3c2)s1. The van der Waals surface area contributed by atoms with Gasteiger partial charge in [-0.15, -0.1) is 10.2 Å².